The Kier molecular flexibility index (Phi) is 5.37. The van der Waals surface area contributed by atoms with Crippen LogP contribution in [0.3, 0.4) is 0 Å². The first-order chi connectivity index (χ1) is 16.1. The first kappa shape index (κ1) is 20.5. The monoisotopic (exact) mass is 434 g/mol. The molecule has 0 aliphatic carbocycles. The smallest absolute Gasteiger partial charge is 0.256 e. The highest BCUT2D eigenvalue weighted by Crippen LogP contribution is 2.34. The third-order valence-electron chi connectivity index (χ3n) is 5.79. The van der Waals surface area contributed by atoms with Crippen molar-refractivity contribution < 1.29 is 14.3 Å². The maximum atomic E-state index is 13.0. The SMILES string of the molecule is COc1ccc(NC(=O)c2cccc3c2CC(=O)N3)cc1-c1ccc(-c2ccccc2)cc1. The topological polar surface area (TPSA) is 67.4 Å². The van der Waals surface area contributed by atoms with Gasteiger partial charge in [0, 0.05) is 22.5 Å². The molecule has 0 atom stereocenters. The molecule has 0 bridgehead atoms. The molecular formula is C28H22N2O3. The molecule has 2 amide bonds. The normalized spacial score (nSPS) is 12.1. The van der Waals surface area contributed by atoms with E-state index in [-0.39, 0.29) is 18.2 Å². The molecule has 2 N–H and O–H groups in total. The summed E-state index contributed by atoms with van der Waals surface area (Å²) in [6.45, 7) is 0. The van der Waals surface area contributed by atoms with Gasteiger partial charge in [0.2, 0.25) is 5.91 Å². The summed E-state index contributed by atoms with van der Waals surface area (Å²) in [6, 6.07) is 29.3. The maximum absolute atomic E-state index is 13.0. The van der Waals surface area contributed by atoms with E-state index < -0.39 is 0 Å². The summed E-state index contributed by atoms with van der Waals surface area (Å²) in [4.78, 5) is 24.8. The van der Waals surface area contributed by atoms with Gasteiger partial charge in [0.25, 0.3) is 5.91 Å². The average Bonchev–Trinajstić information content (AvgIpc) is 3.25. The molecular weight excluding hydrogens is 412 g/mol. The lowest BCUT2D eigenvalue weighted by molar-refractivity contribution is -0.115. The van der Waals surface area contributed by atoms with E-state index in [1.54, 1.807) is 19.2 Å². The van der Waals surface area contributed by atoms with Gasteiger partial charge < -0.3 is 15.4 Å². The molecule has 0 unspecified atom stereocenters. The molecule has 4 aromatic rings. The molecule has 1 heterocycles. The number of benzene rings is 4. The Morgan fingerprint density at radius 1 is 0.848 bits per heavy atom. The van der Waals surface area contributed by atoms with Crippen molar-refractivity contribution in [2.45, 2.75) is 6.42 Å². The second-order valence-corrected chi connectivity index (χ2v) is 7.87. The van der Waals surface area contributed by atoms with Gasteiger partial charge in [-0.05, 0) is 52.6 Å². The molecule has 33 heavy (non-hydrogen) atoms. The highest BCUT2D eigenvalue weighted by Gasteiger charge is 2.23. The number of amides is 2. The number of rotatable bonds is 5. The number of hydrogen-bond donors (Lipinski definition) is 2. The summed E-state index contributed by atoms with van der Waals surface area (Å²) in [7, 11) is 1.63. The van der Waals surface area contributed by atoms with Gasteiger partial charge in [-0.15, -0.1) is 0 Å². The Morgan fingerprint density at radius 3 is 2.33 bits per heavy atom. The van der Waals surface area contributed by atoms with Crippen LogP contribution >= 0.6 is 0 Å². The van der Waals surface area contributed by atoms with Crippen LogP contribution in [0.5, 0.6) is 5.75 Å². The van der Waals surface area contributed by atoms with E-state index in [4.69, 9.17) is 4.74 Å². The van der Waals surface area contributed by atoms with Gasteiger partial charge in [-0.2, -0.15) is 0 Å². The molecule has 0 radical (unpaired) electrons. The van der Waals surface area contributed by atoms with E-state index in [0.29, 0.717) is 16.9 Å². The number of anilines is 2. The Morgan fingerprint density at radius 2 is 1.58 bits per heavy atom. The van der Waals surface area contributed by atoms with E-state index in [2.05, 4.69) is 34.9 Å². The summed E-state index contributed by atoms with van der Waals surface area (Å²) in [5, 5.41) is 5.75. The minimum atomic E-state index is -0.251. The Hall–Kier alpha value is -4.38. The first-order valence-corrected chi connectivity index (χ1v) is 10.7. The van der Waals surface area contributed by atoms with Crippen molar-refractivity contribution in [2.24, 2.45) is 0 Å². The van der Waals surface area contributed by atoms with Crippen LogP contribution in [-0.2, 0) is 11.2 Å². The third kappa shape index (κ3) is 4.08. The Balaban J connectivity index is 1.43. The lowest BCUT2D eigenvalue weighted by Gasteiger charge is -2.13. The average molecular weight is 434 g/mol. The van der Waals surface area contributed by atoms with Gasteiger partial charge in [0.15, 0.2) is 0 Å². The molecule has 0 fully saturated rings. The summed E-state index contributed by atoms with van der Waals surface area (Å²) >= 11 is 0. The summed E-state index contributed by atoms with van der Waals surface area (Å²) in [5.74, 6) is 0.366. The minimum Gasteiger partial charge on any atom is -0.496 e. The number of carbonyl (C=O) groups excluding carboxylic acids is 2. The number of methoxy groups -OCH3 is 1. The predicted octanol–water partition coefficient (Wildman–Crippen LogP) is 5.78. The number of ether oxygens (including phenoxy) is 1. The molecule has 5 heteroatoms. The Labute approximate surface area is 192 Å². The Bertz CT molecular complexity index is 1350. The number of carbonyl (C=O) groups is 2. The summed E-state index contributed by atoms with van der Waals surface area (Å²) in [6.07, 6.45) is 0.209. The lowest BCUT2D eigenvalue weighted by Crippen LogP contribution is -2.14. The zero-order valence-corrected chi connectivity index (χ0v) is 18.1. The van der Waals surface area contributed by atoms with E-state index >= 15 is 0 Å². The molecule has 0 aromatic heterocycles. The van der Waals surface area contributed by atoms with Crippen molar-refractivity contribution in [3.8, 4) is 28.0 Å². The van der Waals surface area contributed by atoms with E-state index in [9.17, 15) is 9.59 Å². The highest BCUT2D eigenvalue weighted by molar-refractivity contribution is 6.10. The minimum absolute atomic E-state index is 0.101. The molecule has 5 nitrogen and oxygen atoms in total. The van der Waals surface area contributed by atoms with Crippen molar-refractivity contribution in [1.29, 1.82) is 0 Å². The van der Waals surface area contributed by atoms with Crippen LogP contribution in [0.25, 0.3) is 22.3 Å². The van der Waals surface area contributed by atoms with E-state index in [1.807, 2.05) is 54.6 Å². The second-order valence-electron chi connectivity index (χ2n) is 7.87. The molecule has 0 saturated heterocycles. The number of hydrogen-bond acceptors (Lipinski definition) is 3. The molecule has 1 aliphatic heterocycles. The summed E-state index contributed by atoms with van der Waals surface area (Å²) < 4.78 is 5.57. The van der Waals surface area contributed by atoms with Crippen LogP contribution in [0.15, 0.2) is 91.0 Å². The molecule has 162 valence electrons. The fourth-order valence-electron chi connectivity index (χ4n) is 4.14. The van der Waals surface area contributed by atoms with Crippen LogP contribution in [0.4, 0.5) is 11.4 Å². The van der Waals surface area contributed by atoms with E-state index in [0.717, 1.165) is 33.6 Å². The van der Waals surface area contributed by atoms with Gasteiger partial charge in [0.05, 0.1) is 13.5 Å². The van der Waals surface area contributed by atoms with Crippen LogP contribution in [0.1, 0.15) is 15.9 Å². The first-order valence-electron chi connectivity index (χ1n) is 10.7. The van der Waals surface area contributed by atoms with Gasteiger partial charge in [-0.25, -0.2) is 0 Å². The van der Waals surface area contributed by atoms with Crippen molar-refractivity contribution in [1.82, 2.24) is 0 Å². The molecule has 4 aromatic carbocycles. The summed E-state index contributed by atoms with van der Waals surface area (Å²) in [5.41, 5.74) is 6.72. The van der Waals surface area contributed by atoms with Crippen molar-refractivity contribution in [3.05, 3.63) is 102 Å². The largest absolute Gasteiger partial charge is 0.496 e. The van der Waals surface area contributed by atoms with E-state index in [1.165, 1.54) is 0 Å². The quantitative estimate of drug-likeness (QED) is 0.419. The third-order valence-corrected chi connectivity index (χ3v) is 5.79. The van der Waals surface area contributed by atoms with Gasteiger partial charge in [-0.1, -0.05) is 60.7 Å². The van der Waals surface area contributed by atoms with Crippen LogP contribution < -0.4 is 15.4 Å². The van der Waals surface area contributed by atoms with Crippen LogP contribution in [0, 0.1) is 0 Å². The molecule has 0 spiro atoms. The van der Waals surface area contributed by atoms with Gasteiger partial charge in [-0.3, -0.25) is 9.59 Å². The zero-order valence-electron chi connectivity index (χ0n) is 18.1. The lowest BCUT2D eigenvalue weighted by atomic mass is 9.99. The number of fused-ring (bicyclic) bond motifs is 1. The van der Waals surface area contributed by atoms with Crippen molar-refractivity contribution >= 4 is 23.2 Å². The fourth-order valence-corrected chi connectivity index (χ4v) is 4.14. The molecule has 5 rings (SSSR count). The fraction of sp³-hybridized carbons (Fsp3) is 0.0714. The standard InChI is InChI=1S/C28H22N2O3/c1-33-26-15-14-21(29-28(32)22-8-5-9-25-24(22)17-27(31)30-25)16-23(26)20-12-10-19(11-13-20)18-6-3-2-4-7-18/h2-16H,17H2,1H3,(H,29,32)(H,30,31). The molecule has 0 saturated carbocycles. The maximum Gasteiger partial charge on any atom is 0.256 e. The zero-order chi connectivity index (χ0) is 22.8. The number of nitrogens with one attached hydrogen (secondary N) is 2. The molecule has 1 aliphatic rings. The highest BCUT2D eigenvalue weighted by atomic mass is 16.5. The van der Waals surface area contributed by atoms with Gasteiger partial charge in [0.1, 0.15) is 5.75 Å². The second kappa shape index (κ2) is 8.63. The van der Waals surface area contributed by atoms with Gasteiger partial charge >= 0.3 is 0 Å². The van der Waals surface area contributed by atoms with Crippen LogP contribution in [-0.4, -0.2) is 18.9 Å². The predicted molar refractivity (Wildman–Crippen MR) is 131 cm³/mol. The van der Waals surface area contributed by atoms with Crippen LogP contribution in [0.2, 0.25) is 0 Å². The van der Waals surface area contributed by atoms with Crippen molar-refractivity contribution in [2.75, 3.05) is 17.7 Å². The van der Waals surface area contributed by atoms with Crippen molar-refractivity contribution in [3.63, 3.8) is 0 Å².